The summed E-state index contributed by atoms with van der Waals surface area (Å²) in [6.07, 6.45) is 7.46. The van der Waals surface area contributed by atoms with E-state index in [0.29, 0.717) is 41.4 Å². The second-order valence-electron chi connectivity index (χ2n) is 8.41. The van der Waals surface area contributed by atoms with Crippen molar-refractivity contribution in [2.75, 3.05) is 30.9 Å². The number of aromatic nitrogens is 2. The molecule has 2 aliphatic rings. The number of nitrogens with zero attached hydrogens (tertiary/aromatic N) is 4. The van der Waals surface area contributed by atoms with Crippen LogP contribution in [0.5, 0.6) is 0 Å². The van der Waals surface area contributed by atoms with Crippen LogP contribution in [0.3, 0.4) is 0 Å². The smallest absolute Gasteiger partial charge is 0.225 e. The number of ether oxygens (including phenoxy) is 1. The molecule has 1 saturated heterocycles. The Kier molecular flexibility index (Phi) is 6.21. The van der Waals surface area contributed by atoms with Gasteiger partial charge in [0.2, 0.25) is 5.95 Å². The Bertz CT molecular complexity index is 1080. The van der Waals surface area contributed by atoms with Crippen molar-refractivity contribution in [1.82, 2.24) is 9.97 Å². The Morgan fingerprint density at radius 1 is 1.26 bits per heavy atom. The van der Waals surface area contributed by atoms with Crippen molar-refractivity contribution in [3.8, 4) is 6.07 Å². The summed E-state index contributed by atoms with van der Waals surface area (Å²) in [4.78, 5) is 10.7. The lowest BCUT2D eigenvalue weighted by Crippen LogP contribution is -2.35. The van der Waals surface area contributed by atoms with Crippen LogP contribution in [0.1, 0.15) is 30.4 Å². The maximum absolute atomic E-state index is 14.1. The van der Waals surface area contributed by atoms with Gasteiger partial charge in [-0.25, -0.2) is 22.8 Å². The Morgan fingerprint density at radius 3 is 2.58 bits per heavy atom. The average molecular weight is 445 g/mol. The molecule has 164 valence electrons. The summed E-state index contributed by atoms with van der Waals surface area (Å²) in [5.41, 5.74) is 0.839. The summed E-state index contributed by atoms with van der Waals surface area (Å²) >= 11 is 0. The van der Waals surface area contributed by atoms with Gasteiger partial charge in [-0.3, -0.25) is 0 Å². The van der Waals surface area contributed by atoms with Crippen LogP contribution in [0.2, 0.25) is 0 Å². The van der Waals surface area contributed by atoms with Crippen LogP contribution in [-0.4, -0.2) is 44.3 Å². The topological polar surface area (TPSA) is 96.2 Å². The molecule has 0 bridgehead atoms. The monoisotopic (exact) mass is 444 g/mol. The van der Waals surface area contributed by atoms with E-state index >= 15 is 0 Å². The first kappa shape index (κ1) is 21.7. The van der Waals surface area contributed by atoms with Crippen molar-refractivity contribution in [1.29, 1.82) is 5.26 Å². The molecule has 0 spiro atoms. The lowest BCUT2D eigenvalue weighted by molar-refractivity contribution is 0.102. The van der Waals surface area contributed by atoms with Gasteiger partial charge in [-0.05, 0) is 49.1 Å². The van der Waals surface area contributed by atoms with Crippen molar-refractivity contribution in [2.45, 2.75) is 30.8 Å². The number of halogens is 1. The van der Waals surface area contributed by atoms with E-state index in [2.05, 4.69) is 14.9 Å². The van der Waals surface area contributed by atoms with Gasteiger partial charge >= 0.3 is 0 Å². The summed E-state index contributed by atoms with van der Waals surface area (Å²) in [5.74, 6) is 1.92. The average Bonchev–Trinajstić information content (AvgIpc) is 3.54. The van der Waals surface area contributed by atoms with Crippen LogP contribution in [0, 0.1) is 34.9 Å². The van der Waals surface area contributed by atoms with Gasteiger partial charge < -0.3 is 9.64 Å². The molecule has 0 radical (unpaired) electrons. The highest BCUT2D eigenvalue weighted by Crippen LogP contribution is 2.48. The number of hydrogen-bond acceptors (Lipinski definition) is 7. The van der Waals surface area contributed by atoms with Crippen LogP contribution in [0.25, 0.3) is 0 Å². The van der Waals surface area contributed by atoms with E-state index in [-0.39, 0.29) is 11.5 Å². The molecule has 1 aliphatic carbocycles. The summed E-state index contributed by atoms with van der Waals surface area (Å²) in [6.45, 7) is 2.54. The third-order valence-electron chi connectivity index (χ3n) is 6.21. The second-order valence-corrected chi connectivity index (χ2v) is 10.4. The van der Waals surface area contributed by atoms with E-state index in [4.69, 9.17) is 10.00 Å². The van der Waals surface area contributed by atoms with E-state index in [9.17, 15) is 12.8 Å². The molecule has 4 rings (SSSR count). The first-order valence-corrected chi connectivity index (χ1v) is 12.3. The molecule has 2 unspecified atom stereocenters. The summed E-state index contributed by atoms with van der Waals surface area (Å²) < 4.78 is 42.9. The highest BCUT2D eigenvalue weighted by atomic mass is 32.2. The first-order chi connectivity index (χ1) is 14.8. The Morgan fingerprint density at radius 2 is 1.97 bits per heavy atom. The Balaban J connectivity index is 1.20. The Labute approximate surface area is 181 Å². The number of anilines is 1. The molecule has 31 heavy (non-hydrogen) atoms. The van der Waals surface area contributed by atoms with Gasteiger partial charge in [-0.2, -0.15) is 5.26 Å². The van der Waals surface area contributed by atoms with E-state index in [1.165, 1.54) is 12.1 Å². The van der Waals surface area contributed by atoms with Crippen molar-refractivity contribution >= 4 is 15.8 Å². The quantitative estimate of drug-likeness (QED) is 0.648. The highest BCUT2D eigenvalue weighted by molar-refractivity contribution is 7.90. The molecule has 2 atom stereocenters. The van der Waals surface area contributed by atoms with Gasteiger partial charge in [0.25, 0.3) is 0 Å². The largest absolute Gasteiger partial charge is 0.376 e. The van der Waals surface area contributed by atoms with Gasteiger partial charge in [-0.1, -0.05) is 6.07 Å². The van der Waals surface area contributed by atoms with Gasteiger partial charge in [-0.15, -0.1) is 0 Å². The van der Waals surface area contributed by atoms with Gasteiger partial charge in [0.15, 0.2) is 9.84 Å². The van der Waals surface area contributed by atoms with E-state index in [1.807, 2.05) is 6.07 Å². The molecule has 1 aromatic carbocycles. The van der Waals surface area contributed by atoms with Crippen LogP contribution in [0.4, 0.5) is 10.3 Å². The maximum Gasteiger partial charge on any atom is 0.225 e. The summed E-state index contributed by atoms with van der Waals surface area (Å²) in [7, 11) is -3.42. The van der Waals surface area contributed by atoms with Crippen molar-refractivity contribution < 1.29 is 17.5 Å². The number of nitriles is 1. The third kappa shape index (κ3) is 5.20. The second kappa shape index (κ2) is 8.89. The minimum Gasteiger partial charge on any atom is -0.376 e. The molecule has 1 aliphatic heterocycles. The fourth-order valence-corrected chi connectivity index (χ4v) is 4.94. The van der Waals surface area contributed by atoms with Crippen LogP contribution in [0.15, 0.2) is 35.5 Å². The van der Waals surface area contributed by atoms with Gasteiger partial charge in [0, 0.05) is 24.9 Å². The molecule has 9 heteroatoms. The zero-order chi connectivity index (χ0) is 22.0. The SMILES string of the molecule is CS(=O)(=O)c1ccc(COCC2CC2C2CCN(c3ncc(C#N)cn3)CC2)c(F)c1. The van der Waals surface area contributed by atoms with Crippen LogP contribution >= 0.6 is 0 Å². The molecule has 7 nitrogen and oxygen atoms in total. The van der Waals surface area contributed by atoms with E-state index in [1.54, 1.807) is 12.4 Å². The van der Waals surface area contributed by atoms with Crippen molar-refractivity contribution in [3.63, 3.8) is 0 Å². The van der Waals surface area contributed by atoms with Crippen molar-refractivity contribution in [3.05, 3.63) is 47.5 Å². The fraction of sp³-hybridized carbons (Fsp3) is 0.500. The highest BCUT2D eigenvalue weighted by Gasteiger charge is 2.43. The standard InChI is InChI=1S/C22H25FN4O3S/c1-31(28,29)19-3-2-17(21(23)9-19)13-30-14-18-8-20(18)16-4-6-27(7-5-16)22-25-11-15(10-24)12-26-22/h2-3,9,11-12,16,18,20H,4-8,13-14H2,1H3. The minimum absolute atomic E-state index is 0.0197. The normalized spacial score (nSPS) is 21.6. The van der Waals surface area contributed by atoms with Crippen LogP contribution < -0.4 is 4.90 Å². The first-order valence-electron chi connectivity index (χ1n) is 10.4. The zero-order valence-electron chi connectivity index (χ0n) is 17.4. The molecule has 1 aromatic heterocycles. The number of sulfone groups is 1. The van der Waals surface area contributed by atoms with E-state index in [0.717, 1.165) is 44.7 Å². The number of hydrogen-bond donors (Lipinski definition) is 0. The lowest BCUT2D eigenvalue weighted by atomic mass is 9.91. The molecular weight excluding hydrogens is 419 g/mol. The molecule has 2 fully saturated rings. The predicted octanol–water partition coefficient (Wildman–Crippen LogP) is 2.96. The maximum atomic E-state index is 14.1. The predicted molar refractivity (Wildman–Crippen MR) is 112 cm³/mol. The van der Waals surface area contributed by atoms with Gasteiger partial charge in [0.05, 0.1) is 36.1 Å². The molecule has 2 aromatic rings. The fourth-order valence-electron chi connectivity index (χ4n) is 4.31. The lowest BCUT2D eigenvalue weighted by Gasteiger charge is -2.32. The number of benzene rings is 1. The number of piperidine rings is 1. The Hall–Kier alpha value is -2.57. The van der Waals surface area contributed by atoms with Crippen molar-refractivity contribution in [2.24, 2.45) is 17.8 Å². The molecule has 1 saturated carbocycles. The molecule has 0 amide bonds. The summed E-state index contributed by atoms with van der Waals surface area (Å²) in [5, 5.41) is 8.85. The minimum atomic E-state index is -3.42. The zero-order valence-corrected chi connectivity index (χ0v) is 18.2. The van der Waals surface area contributed by atoms with Crippen LogP contribution in [-0.2, 0) is 21.2 Å². The molecular formula is C22H25FN4O3S. The molecule has 0 N–H and O–H groups in total. The van der Waals surface area contributed by atoms with Gasteiger partial charge in [0.1, 0.15) is 11.9 Å². The summed E-state index contributed by atoms with van der Waals surface area (Å²) in [6, 6.07) is 5.99. The third-order valence-corrected chi connectivity index (χ3v) is 7.32. The molecule has 2 heterocycles. The van der Waals surface area contributed by atoms with E-state index < -0.39 is 15.7 Å². The number of rotatable bonds is 7.